The summed E-state index contributed by atoms with van der Waals surface area (Å²) in [6, 6.07) is 14.6. The van der Waals surface area contributed by atoms with Crippen LogP contribution in [0.25, 0.3) is 22.6 Å². The topological polar surface area (TPSA) is 148 Å². The summed E-state index contributed by atoms with van der Waals surface area (Å²) in [6.45, 7) is 2.73. The lowest BCUT2D eigenvalue weighted by molar-refractivity contribution is 0.0933. The highest BCUT2D eigenvalue weighted by Crippen LogP contribution is 2.27. The largest absolute Gasteiger partial charge is 0.451 e. The van der Waals surface area contributed by atoms with E-state index in [2.05, 4.69) is 15.5 Å². The first kappa shape index (κ1) is 24.5. The molecule has 2 aromatic heterocycles. The van der Waals surface area contributed by atoms with Crippen molar-refractivity contribution in [2.24, 2.45) is 0 Å². The smallest absolute Gasteiger partial charge is 0.409 e. The van der Waals surface area contributed by atoms with Crippen LogP contribution in [-0.2, 0) is 14.8 Å². The van der Waals surface area contributed by atoms with Gasteiger partial charge in [-0.3, -0.25) is 10.1 Å². The monoisotopic (exact) mass is 525 g/mol. The molecule has 1 saturated heterocycles. The number of ether oxygens (including phenoxy) is 1. The van der Waals surface area contributed by atoms with E-state index in [1.807, 2.05) is 24.3 Å². The predicted octanol–water partition coefficient (Wildman–Crippen LogP) is 3.20. The van der Waals surface area contributed by atoms with Gasteiger partial charge >= 0.3 is 12.1 Å². The van der Waals surface area contributed by atoms with Crippen molar-refractivity contribution < 1.29 is 31.6 Å². The van der Waals surface area contributed by atoms with Gasteiger partial charge in [0.15, 0.2) is 5.76 Å². The van der Waals surface area contributed by atoms with Crippen LogP contribution in [0.2, 0.25) is 0 Å². The maximum Gasteiger partial charge on any atom is 0.409 e. The van der Waals surface area contributed by atoms with Crippen LogP contribution in [0, 0.1) is 0 Å². The number of para-hydroxylation sites is 1. The Morgan fingerprint density at radius 3 is 2.43 bits per heavy atom. The van der Waals surface area contributed by atoms with Crippen molar-refractivity contribution in [3.63, 3.8) is 0 Å². The zero-order valence-electron chi connectivity index (χ0n) is 19.8. The molecule has 3 heterocycles. The van der Waals surface area contributed by atoms with Gasteiger partial charge in [0.25, 0.3) is 11.8 Å². The number of rotatable bonds is 6. The van der Waals surface area contributed by atoms with Crippen LogP contribution in [0.1, 0.15) is 17.3 Å². The second kappa shape index (κ2) is 10.0. The summed E-state index contributed by atoms with van der Waals surface area (Å²) in [5, 5.41) is 11.1. The number of carbonyl (C=O) groups excluding carboxylic acids is 2. The first-order valence-corrected chi connectivity index (χ1v) is 12.9. The van der Waals surface area contributed by atoms with Gasteiger partial charge < -0.3 is 18.5 Å². The second-order valence-electron chi connectivity index (χ2n) is 8.13. The standard InChI is InChI=1S/C24H23N5O7S/c1-2-34-24(31)28-11-13-29(14-12-28)37(32,33)18-9-7-16(8-10-18)21(30)25-23-27-26-22(36-23)20-15-17-5-3-4-6-19(17)35-20/h3-10,15H,2,11-14H2,1H3,(H,25,27,30). The van der Waals surface area contributed by atoms with E-state index in [4.69, 9.17) is 13.6 Å². The lowest BCUT2D eigenvalue weighted by atomic mass is 10.2. The number of carbonyl (C=O) groups is 2. The third-order valence-corrected chi connectivity index (χ3v) is 7.71. The van der Waals surface area contributed by atoms with Crippen molar-refractivity contribution in [1.82, 2.24) is 19.4 Å². The van der Waals surface area contributed by atoms with Gasteiger partial charge in [0.1, 0.15) is 5.58 Å². The molecule has 0 aliphatic carbocycles. The Labute approximate surface area is 211 Å². The highest BCUT2D eigenvalue weighted by molar-refractivity contribution is 7.89. The van der Waals surface area contributed by atoms with Crippen LogP contribution in [0.15, 0.2) is 68.3 Å². The molecule has 2 amide bonds. The van der Waals surface area contributed by atoms with Crippen molar-refractivity contribution >= 4 is 39.0 Å². The summed E-state index contributed by atoms with van der Waals surface area (Å²) in [7, 11) is -3.79. The van der Waals surface area contributed by atoms with Crippen molar-refractivity contribution in [3.8, 4) is 11.7 Å². The van der Waals surface area contributed by atoms with E-state index in [9.17, 15) is 18.0 Å². The highest BCUT2D eigenvalue weighted by Gasteiger charge is 2.30. The first-order chi connectivity index (χ1) is 17.8. The van der Waals surface area contributed by atoms with Crippen LogP contribution < -0.4 is 5.32 Å². The molecule has 192 valence electrons. The minimum atomic E-state index is -3.79. The van der Waals surface area contributed by atoms with E-state index in [1.165, 1.54) is 33.5 Å². The zero-order chi connectivity index (χ0) is 26.0. The molecule has 1 N–H and O–H groups in total. The summed E-state index contributed by atoms with van der Waals surface area (Å²) < 4.78 is 43.5. The van der Waals surface area contributed by atoms with Crippen molar-refractivity contribution in [1.29, 1.82) is 0 Å². The number of anilines is 1. The number of hydrogen-bond donors (Lipinski definition) is 1. The number of piperazine rings is 1. The summed E-state index contributed by atoms with van der Waals surface area (Å²) in [5.74, 6) is -0.0744. The van der Waals surface area contributed by atoms with Crippen molar-refractivity contribution in [2.45, 2.75) is 11.8 Å². The van der Waals surface area contributed by atoms with Gasteiger partial charge in [0.05, 0.1) is 11.5 Å². The van der Waals surface area contributed by atoms with Gasteiger partial charge in [0.2, 0.25) is 10.0 Å². The predicted molar refractivity (Wildman–Crippen MR) is 131 cm³/mol. The Bertz CT molecular complexity index is 1500. The SMILES string of the molecule is CCOC(=O)N1CCN(S(=O)(=O)c2ccc(C(=O)Nc3nnc(-c4cc5ccccc5o4)o3)cc2)CC1. The molecule has 0 radical (unpaired) electrons. The van der Waals surface area contributed by atoms with Crippen LogP contribution in [-0.4, -0.2) is 72.6 Å². The minimum absolute atomic E-state index is 0.0404. The van der Waals surface area contributed by atoms with E-state index < -0.39 is 22.0 Å². The fraction of sp³-hybridized carbons (Fsp3) is 0.250. The number of furan rings is 1. The number of amides is 2. The number of nitrogens with zero attached hydrogens (tertiary/aromatic N) is 4. The number of sulfonamides is 1. The Hall–Kier alpha value is -4.23. The Balaban J connectivity index is 1.22. The van der Waals surface area contributed by atoms with Crippen LogP contribution in [0.5, 0.6) is 0 Å². The van der Waals surface area contributed by atoms with Crippen LogP contribution in [0.3, 0.4) is 0 Å². The number of nitrogens with one attached hydrogen (secondary N) is 1. The maximum atomic E-state index is 13.0. The quantitative estimate of drug-likeness (QED) is 0.400. The molecule has 0 saturated carbocycles. The van der Waals surface area contributed by atoms with Crippen LogP contribution in [0.4, 0.5) is 10.8 Å². The van der Waals surface area contributed by atoms with Gasteiger partial charge in [-0.2, -0.15) is 4.31 Å². The summed E-state index contributed by atoms with van der Waals surface area (Å²) in [4.78, 5) is 26.0. The van der Waals surface area contributed by atoms with Crippen LogP contribution >= 0.6 is 0 Å². The van der Waals surface area contributed by atoms with Gasteiger partial charge in [-0.1, -0.05) is 23.3 Å². The van der Waals surface area contributed by atoms with E-state index in [-0.39, 0.29) is 55.2 Å². The minimum Gasteiger partial charge on any atom is -0.451 e. The van der Waals surface area contributed by atoms with Gasteiger partial charge in [0, 0.05) is 37.1 Å². The van der Waals surface area contributed by atoms with Gasteiger partial charge in [-0.25, -0.2) is 13.2 Å². The zero-order valence-corrected chi connectivity index (χ0v) is 20.6. The highest BCUT2D eigenvalue weighted by atomic mass is 32.2. The van der Waals surface area contributed by atoms with Crippen molar-refractivity contribution in [3.05, 3.63) is 60.2 Å². The Morgan fingerprint density at radius 1 is 1.00 bits per heavy atom. The average molecular weight is 526 g/mol. The Morgan fingerprint density at radius 2 is 1.73 bits per heavy atom. The molecule has 37 heavy (non-hydrogen) atoms. The third kappa shape index (κ3) is 5.04. The molecule has 0 bridgehead atoms. The lowest BCUT2D eigenvalue weighted by Gasteiger charge is -2.33. The summed E-state index contributed by atoms with van der Waals surface area (Å²) in [6.07, 6.45) is -0.458. The molecule has 0 atom stereocenters. The van der Waals surface area contributed by atoms with E-state index in [0.717, 1.165) is 5.39 Å². The van der Waals surface area contributed by atoms with Crippen molar-refractivity contribution in [2.75, 3.05) is 38.1 Å². The molecule has 4 aromatic rings. The average Bonchev–Trinajstić information content (AvgIpc) is 3.56. The number of benzene rings is 2. The van der Waals surface area contributed by atoms with E-state index in [0.29, 0.717) is 11.3 Å². The molecule has 1 aliphatic rings. The van der Waals surface area contributed by atoms with E-state index >= 15 is 0 Å². The van der Waals surface area contributed by atoms with Gasteiger partial charge in [-0.05, 0) is 43.3 Å². The molecule has 13 heteroatoms. The molecule has 1 aliphatic heterocycles. The normalized spacial score (nSPS) is 14.6. The second-order valence-corrected chi connectivity index (χ2v) is 10.1. The fourth-order valence-corrected chi connectivity index (χ4v) is 5.31. The maximum absolute atomic E-state index is 13.0. The molecule has 0 spiro atoms. The number of hydrogen-bond acceptors (Lipinski definition) is 9. The van der Waals surface area contributed by atoms with Gasteiger partial charge in [-0.15, -0.1) is 5.10 Å². The molecule has 0 unspecified atom stereocenters. The molecule has 2 aromatic carbocycles. The number of aromatic nitrogens is 2. The van der Waals surface area contributed by atoms with E-state index in [1.54, 1.807) is 13.0 Å². The fourth-order valence-electron chi connectivity index (χ4n) is 3.88. The number of fused-ring (bicyclic) bond motifs is 1. The summed E-state index contributed by atoms with van der Waals surface area (Å²) >= 11 is 0. The lowest BCUT2D eigenvalue weighted by Crippen LogP contribution is -2.50. The molecular weight excluding hydrogens is 502 g/mol. The molecular formula is C24H23N5O7S. The molecule has 5 rings (SSSR count). The third-order valence-electron chi connectivity index (χ3n) is 5.80. The molecule has 1 fully saturated rings. The Kier molecular flexibility index (Phi) is 6.63. The summed E-state index contributed by atoms with van der Waals surface area (Å²) in [5.41, 5.74) is 0.867. The first-order valence-electron chi connectivity index (χ1n) is 11.5. The molecule has 12 nitrogen and oxygen atoms in total.